The van der Waals surface area contributed by atoms with Crippen LogP contribution in [-0.2, 0) is 0 Å². The van der Waals surface area contributed by atoms with Gasteiger partial charge in [0.1, 0.15) is 0 Å². The minimum absolute atomic E-state index is 0.262. The van der Waals surface area contributed by atoms with E-state index in [9.17, 15) is 4.39 Å². The van der Waals surface area contributed by atoms with Crippen molar-refractivity contribution in [3.05, 3.63) is 16.3 Å². The van der Waals surface area contributed by atoms with E-state index in [4.69, 9.17) is 0 Å². The largest absolute Gasteiger partial charge is 0.227 e. The van der Waals surface area contributed by atoms with Crippen molar-refractivity contribution < 1.29 is 4.39 Å². The third-order valence-electron chi connectivity index (χ3n) is 1.07. The summed E-state index contributed by atoms with van der Waals surface area (Å²) in [6.45, 7) is 3.91. The average Bonchev–Trinajstić information content (AvgIpc) is 2.13. The zero-order valence-electron chi connectivity index (χ0n) is 5.39. The first-order valence-corrected chi connectivity index (χ1v) is 3.68. The molecule has 0 fully saturated rings. The van der Waals surface area contributed by atoms with Crippen LogP contribution in [0.2, 0.25) is 0 Å². The topological polar surface area (TPSA) is 12.9 Å². The van der Waals surface area contributed by atoms with Crippen LogP contribution in [0.25, 0.3) is 0 Å². The minimum Gasteiger partial charge on any atom is -0.216 e. The lowest BCUT2D eigenvalue weighted by Crippen LogP contribution is -1.85. The first-order chi connectivity index (χ1) is 4.22. The van der Waals surface area contributed by atoms with Crippen LogP contribution in [0.3, 0.4) is 0 Å². The van der Waals surface area contributed by atoms with Crippen molar-refractivity contribution in [1.29, 1.82) is 0 Å². The summed E-state index contributed by atoms with van der Waals surface area (Å²) in [7, 11) is 0. The standard InChI is InChI=1S/C6H8FNS/c1-4(2)5-6(7)8-3-9-5/h3-4H,1-2H3. The van der Waals surface area contributed by atoms with Crippen molar-refractivity contribution in [3.8, 4) is 0 Å². The molecule has 1 heterocycles. The van der Waals surface area contributed by atoms with Crippen LogP contribution in [0.15, 0.2) is 5.51 Å². The zero-order chi connectivity index (χ0) is 6.85. The Hall–Kier alpha value is -0.440. The van der Waals surface area contributed by atoms with Crippen LogP contribution in [0, 0.1) is 5.95 Å². The van der Waals surface area contributed by atoms with Gasteiger partial charge in [0.05, 0.1) is 10.4 Å². The van der Waals surface area contributed by atoms with Crippen LogP contribution >= 0.6 is 11.3 Å². The maximum atomic E-state index is 12.5. The summed E-state index contributed by atoms with van der Waals surface area (Å²) < 4.78 is 12.5. The molecule has 0 bridgehead atoms. The van der Waals surface area contributed by atoms with Gasteiger partial charge in [-0.05, 0) is 5.92 Å². The van der Waals surface area contributed by atoms with E-state index in [1.165, 1.54) is 16.8 Å². The molecule has 0 aliphatic heterocycles. The summed E-state index contributed by atoms with van der Waals surface area (Å²) in [6.07, 6.45) is 0. The van der Waals surface area contributed by atoms with Gasteiger partial charge in [-0.25, -0.2) is 4.98 Å². The Bertz CT molecular complexity index is 195. The van der Waals surface area contributed by atoms with Gasteiger partial charge in [-0.1, -0.05) is 13.8 Å². The second kappa shape index (κ2) is 2.43. The molecule has 0 spiro atoms. The summed E-state index contributed by atoms with van der Waals surface area (Å²) in [6, 6.07) is 0. The molecule has 50 valence electrons. The van der Waals surface area contributed by atoms with Gasteiger partial charge in [-0.2, -0.15) is 4.39 Å². The molecule has 3 heteroatoms. The van der Waals surface area contributed by atoms with E-state index in [0.717, 1.165) is 4.88 Å². The maximum Gasteiger partial charge on any atom is 0.227 e. The summed E-state index contributed by atoms with van der Waals surface area (Å²) in [4.78, 5) is 4.24. The lowest BCUT2D eigenvalue weighted by Gasteiger charge is -1.96. The molecular weight excluding hydrogens is 137 g/mol. The van der Waals surface area contributed by atoms with E-state index in [2.05, 4.69) is 4.98 Å². The molecular formula is C6H8FNS. The summed E-state index contributed by atoms with van der Waals surface area (Å²) in [5.41, 5.74) is 1.53. The van der Waals surface area contributed by atoms with Crippen molar-refractivity contribution in [2.75, 3.05) is 0 Å². The van der Waals surface area contributed by atoms with E-state index in [0.29, 0.717) is 0 Å². The second-order valence-electron chi connectivity index (χ2n) is 2.16. The summed E-state index contributed by atoms with van der Waals surface area (Å²) in [5.74, 6) is -0.0486. The van der Waals surface area contributed by atoms with Gasteiger partial charge in [0.25, 0.3) is 0 Å². The summed E-state index contributed by atoms with van der Waals surface area (Å²) in [5, 5.41) is 0. The highest BCUT2D eigenvalue weighted by molar-refractivity contribution is 7.09. The van der Waals surface area contributed by atoms with Gasteiger partial charge >= 0.3 is 0 Å². The third kappa shape index (κ3) is 1.27. The predicted molar refractivity (Wildman–Crippen MR) is 36.2 cm³/mol. The minimum atomic E-state index is -0.310. The predicted octanol–water partition coefficient (Wildman–Crippen LogP) is 2.41. The van der Waals surface area contributed by atoms with E-state index in [1.807, 2.05) is 13.8 Å². The van der Waals surface area contributed by atoms with Crippen molar-refractivity contribution in [3.63, 3.8) is 0 Å². The van der Waals surface area contributed by atoms with Crippen LogP contribution < -0.4 is 0 Å². The number of aromatic nitrogens is 1. The quantitative estimate of drug-likeness (QED) is 0.591. The normalized spacial score (nSPS) is 10.7. The molecule has 0 aliphatic carbocycles. The molecule has 0 saturated carbocycles. The van der Waals surface area contributed by atoms with Crippen molar-refractivity contribution >= 4 is 11.3 Å². The molecule has 9 heavy (non-hydrogen) atoms. The van der Waals surface area contributed by atoms with Gasteiger partial charge in [-0.15, -0.1) is 11.3 Å². The molecule has 0 unspecified atom stereocenters. The number of hydrogen-bond donors (Lipinski definition) is 0. The summed E-state index contributed by atoms with van der Waals surface area (Å²) >= 11 is 1.37. The average molecular weight is 145 g/mol. The van der Waals surface area contributed by atoms with E-state index < -0.39 is 0 Å². The van der Waals surface area contributed by atoms with Gasteiger partial charge < -0.3 is 0 Å². The van der Waals surface area contributed by atoms with Crippen molar-refractivity contribution in [2.45, 2.75) is 19.8 Å². The van der Waals surface area contributed by atoms with E-state index in [-0.39, 0.29) is 11.9 Å². The molecule has 1 aromatic heterocycles. The number of hydrogen-bond acceptors (Lipinski definition) is 2. The van der Waals surface area contributed by atoms with Crippen LogP contribution in [0.4, 0.5) is 4.39 Å². The SMILES string of the molecule is CC(C)c1scnc1F. The fraction of sp³-hybridized carbons (Fsp3) is 0.500. The van der Waals surface area contributed by atoms with Crippen molar-refractivity contribution in [1.82, 2.24) is 4.98 Å². The molecule has 0 amide bonds. The van der Waals surface area contributed by atoms with Crippen molar-refractivity contribution in [2.24, 2.45) is 0 Å². The molecule has 1 rings (SSSR count). The molecule has 0 saturated heterocycles. The monoisotopic (exact) mass is 145 g/mol. The van der Waals surface area contributed by atoms with E-state index >= 15 is 0 Å². The molecule has 0 N–H and O–H groups in total. The first-order valence-electron chi connectivity index (χ1n) is 2.80. The molecule has 0 radical (unpaired) electrons. The Morgan fingerprint density at radius 3 is 2.56 bits per heavy atom. The molecule has 0 aliphatic rings. The maximum absolute atomic E-state index is 12.5. The zero-order valence-corrected chi connectivity index (χ0v) is 6.20. The smallest absolute Gasteiger partial charge is 0.216 e. The number of halogens is 1. The lowest BCUT2D eigenvalue weighted by molar-refractivity contribution is 0.570. The Balaban J connectivity index is 2.94. The third-order valence-corrected chi connectivity index (χ3v) is 2.18. The molecule has 1 aromatic rings. The Morgan fingerprint density at radius 2 is 2.33 bits per heavy atom. The van der Waals surface area contributed by atoms with Crippen LogP contribution in [0.5, 0.6) is 0 Å². The molecule has 1 nitrogen and oxygen atoms in total. The molecule has 0 aromatic carbocycles. The Kier molecular flexibility index (Phi) is 1.81. The van der Waals surface area contributed by atoms with Gasteiger partial charge in [0, 0.05) is 0 Å². The fourth-order valence-corrected chi connectivity index (χ4v) is 1.30. The van der Waals surface area contributed by atoms with Crippen LogP contribution in [0.1, 0.15) is 24.6 Å². The highest BCUT2D eigenvalue weighted by Crippen LogP contribution is 2.21. The van der Waals surface area contributed by atoms with Gasteiger partial charge in [-0.3, -0.25) is 0 Å². The molecule has 0 atom stereocenters. The van der Waals surface area contributed by atoms with E-state index in [1.54, 1.807) is 0 Å². The fourth-order valence-electron chi connectivity index (χ4n) is 0.616. The Labute approximate surface area is 57.6 Å². The lowest BCUT2D eigenvalue weighted by atomic mass is 10.2. The highest BCUT2D eigenvalue weighted by atomic mass is 32.1. The van der Waals surface area contributed by atoms with Gasteiger partial charge in [0.2, 0.25) is 5.95 Å². The Morgan fingerprint density at radius 1 is 1.67 bits per heavy atom. The van der Waals surface area contributed by atoms with Gasteiger partial charge in [0.15, 0.2) is 0 Å². The highest BCUT2D eigenvalue weighted by Gasteiger charge is 2.07. The first kappa shape index (κ1) is 6.68. The number of thiazole rings is 1. The van der Waals surface area contributed by atoms with Crippen LogP contribution in [-0.4, -0.2) is 4.98 Å². The number of nitrogens with zero attached hydrogens (tertiary/aromatic N) is 1. The second-order valence-corrected chi connectivity index (χ2v) is 3.05. The number of rotatable bonds is 1.